The average Bonchev–Trinajstić information content (AvgIpc) is 2.97. The van der Waals surface area contributed by atoms with Crippen LogP contribution in [0, 0.1) is 23.2 Å². The van der Waals surface area contributed by atoms with Gasteiger partial charge in [0.05, 0.1) is 11.6 Å². The van der Waals surface area contributed by atoms with Gasteiger partial charge in [-0.25, -0.2) is 0 Å². The summed E-state index contributed by atoms with van der Waals surface area (Å²) in [6.45, 7) is 2.30. The van der Waals surface area contributed by atoms with Crippen LogP contribution in [-0.4, -0.2) is 4.98 Å². The van der Waals surface area contributed by atoms with Crippen molar-refractivity contribution in [3.05, 3.63) is 35.5 Å². The number of aromatic amines is 1. The van der Waals surface area contributed by atoms with Gasteiger partial charge in [0.2, 0.25) is 0 Å². The smallest absolute Gasteiger partial charge is 0.0994 e. The van der Waals surface area contributed by atoms with E-state index in [0.717, 1.165) is 29.3 Å². The Morgan fingerprint density at radius 3 is 2.60 bits per heavy atom. The zero-order valence-electron chi connectivity index (χ0n) is 12.2. The molecule has 0 bridgehead atoms. The zero-order chi connectivity index (χ0) is 13.9. The van der Waals surface area contributed by atoms with Gasteiger partial charge in [-0.3, -0.25) is 0 Å². The molecule has 0 radical (unpaired) electrons. The lowest BCUT2D eigenvalue weighted by molar-refractivity contribution is 0.268. The Morgan fingerprint density at radius 1 is 1.15 bits per heavy atom. The van der Waals surface area contributed by atoms with E-state index in [4.69, 9.17) is 0 Å². The Bertz CT molecular complexity index is 624. The molecule has 1 aromatic heterocycles. The highest BCUT2D eigenvalue weighted by Crippen LogP contribution is 2.34. The molecule has 20 heavy (non-hydrogen) atoms. The molecule has 104 valence electrons. The summed E-state index contributed by atoms with van der Waals surface area (Å²) in [5, 5.41) is 10.6. The Kier molecular flexibility index (Phi) is 3.78. The first-order valence-corrected chi connectivity index (χ1v) is 7.81. The van der Waals surface area contributed by atoms with Crippen molar-refractivity contribution >= 4 is 10.9 Å². The molecule has 1 saturated carbocycles. The fraction of sp³-hybridized carbons (Fsp3) is 0.500. The van der Waals surface area contributed by atoms with E-state index in [1.807, 2.05) is 18.3 Å². The van der Waals surface area contributed by atoms with Crippen molar-refractivity contribution < 1.29 is 0 Å². The Labute approximate surface area is 120 Å². The number of nitrogens with one attached hydrogen (secondary N) is 1. The molecule has 0 atom stereocenters. The lowest BCUT2D eigenvalue weighted by atomic mass is 9.77. The number of hydrogen-bond acceptors (Lipinski definition) is 1. The molecule has 0 aliphatic heterocycles. The summed E-state index contributed by atoms with van der Waals surface area (Å²) in [6, 6.07) is 8.47. The molecule has 2 aromatic rings. The van der Waals surface area contributed by atoms with Crippen LogP contribution in [0.5, 0.6) is 0 Å². The van der Waals surface area contributed by atoms with Crippen molar-refractivity contribution in [3.63, 3.8) is 0 Å². The summed E-state index contributed by atoms with van der Waals surface area (Å²) < 4.78 is 0. The van der Waals surface area contributed by atoms with Crippen LogP contribution in [0.25, 0.3) is 10.9 Å². The maximum atomic E-state index is 9.36. The van der Waals surface area contributed by atoms with Gasteiger partial charge in [0.15, 0.2) is 0 Å². The molecule has 2 heteroatoms. The van der Waals surface area contributed by atoms with Crippen LogP contribution in [-0.2, 0) is 6.42 Å². The maximum absolute atomic E-state index is 9.36. The van der Waals surface area contributed by atoms with Gasteiger partial charge < -0.3 is 4.98 Å². The predicted octanol–water partition coefficient (Wildman–Crippen LogP) is 4.80. The molecule has 0 unspecified atom stereocenters. The van der Waals surface area contributed by atoms with Crippen molar-refractivity contribution in [1.82, 2.24) is 4.98 Å². The van der Waals surface area contributed by atoms with Crippen LogP contribution in [0.15, 0.2) is 24.4 Å². The number of benzene rings is 1. The third-order valence-corrected chi connectivity index (χ3v) is 5.00. The summed E-state index contributed by atoms with van der Waals surface area (Å²) in [7, 11) is 0. The first kappa shape index (κ1) is 13.2. The zero-order valence-corrected chi connectivity index (χ0v) is 12.2. The minimum atomic E-state index is 0.755. The molecule has 1 aliphatic rings. The minimum absolute atomic E-state index is 0.755. The second kappa shape index (κ2) is 5.71. The Balaban J connectivity index is 1.83. The van der Waals surface area contributed by atoms with E-state index in [9.17, 15) is 5.26 Å². The lowest BCUT2D eigenvalue weighted by Crippen LogP contribution is -2.16. The average molecular weight is 266 g/mol. The van der Waals surface area contributed by atoms with Crippen LogP contribution >= 0.6 is 0 Å². The highest BCUT2D eigenvalue weighted by atomic mass is 14.7. The molecular weight excluding hydrogens is 244 g/mol. The number of aromatic nitrogens is 1. The first-order chi connectivity index (χ1) is 9.81. The molecule has 0 saturated heterocycles. The van der Waals surface area contributed by atoms with Crippen molar-refractivity contribution in [3.8, 4) is 6.07 Å². The van der Waals surface area contributed by atoms with E-state index in [2.05, 4.69) is 24.0 Å². The third-order valence-electron chi connectivity index (χ3n) is 5.00. The summed E-state index contributed by atoms with van der Waals surface area (Å²) in [6.07, 6.45) is 9.74. The topological polar surface area (TPSA) is 39.6 Å². The molecule has 2 nitrogen and oxygen atoms in total. The molecule has 1 fully saturated rings. The van der Waals surface area contributed by atoms with E-state index in [0.29, 0.717) is 0 Å². The summed E-state index contributed by atoms with van der Waals surface area (Å²) >= 11 is 0. The summed E-state index contributed by atoms with van der Waals surface area (Å²) in [5.41, 5.74) is 3.27. The van der Waals surface area contributed by atoms with E-state index < -0.39 is 0 Å². The third kappa shape index (κ3) is 2.45. The van der Waals surface area contributed by atoms with Gasteiger partial charge >= 0.3 is 0 Å². The predicted molar refractivity (Wildman–Crippen MR) is 82.5 cm³/mol. The van der Waals surface area contributed by atoms with E-state index in [-0.39, 0.29) is 0 Å². The first-order valence-electron chi connectivity index (χ1n) is 7.81. The van der Waals surface area contributed by atoms with E-state index in [1.165, 1.54) is 43.1 Å². The van der Waals surface area contributed by atoms with E-state index in [1.54, 1.807) is 0 Å². The van der Waals surface area contributed by atoms with Gasteiger partial charge in [-0.15, -0.1) is 0 Å². The highest BCUT2D eigenvalue weighted by molar-refractivity contribution is 5.85. The van der Waals surface area contributed by atoms with E-state index >= 15 is 0 Å². The molecule has 1 aliphatic carbocycles. The monoisotopic (exact) mass is 266 g/mol. The number of nitrogens with zero attached hydrogens (tertiary/aromatic N) is 1. The Hall–Kier alpha value is -1.75. The van der Waals surface area contributed by atoms with Gasteiger partial charge in [0.1, 0.15) is 0 Å². The normalized spacial score (nSPS) is 22.8. The lowest BCUT2D eigenvalue weighted by Gasteiger charge is -2.28. The van der Waals surface area contributed by atoms with Crippen molar-refractivity contribution in [1.29, 1.82) is 5.26 Å². The van der Waals surface area contributed by atoms with Crippen LogP contribution < -0.4 is 0 Å². The van der Waals surface area contributed by atoms with Gasteiger partial charge in [-0.1, -0.05) is 26.2 Å². The van der Waals surface area contributed by atoms with Crippen LogP contribution in [0.1, 0.15) is 50.2 Å². The van der Waals surface area contributed by atoms with Gasteiger partial charge in [-0.05, 0) is 54.9 Å². The van der Waals surface area contributed by atoms with Crippen molar-refractivity contribution in [2.24, 2.45) is 11.8 Å². The molecule has 1 aromatic carbocycles. The molecular formula is C18H22N2. The van der Waals surface area contributed by atoms with Gasteiger partial charge in [0.25, 0.3) is 0 Å². The number of hydrogen-bond donors (Lipinski definition) is 1. The quantitative estimate of drug-likeness (QED) is 0.851. The second-order valence-corrected chi connectivity index (χ2v) is 6.14. The van der Waals surface area contributed by atoms with Crippen LogP contribution in [0.3, 0.4) is 0 Å². The fourth-order valence-electron chi connectivity index (χ4n) is 3.65. The molecule has 3 rings (SSSR count). The minimum Gasteiger partial charge on any atom is -0.361 e. The number of fused-ring (bicyclic) bond motifs is 1. The standard InChI is InChI=1S/C18H22N2/c1-2-13-3-5-14(6-4-13)11-17-15(12-19)7-8-18-16(17)9-10-20-18/h7-10,13-14,20H,2-6,11H2,1H3. The highest BCUT2D eigenvalue weighted by Gasteiger charge is 2.22. The van der Waals surface area contributed by atoms with Gasteiger partial charge in [0, 0.05) is 17.1 Å². The SMILES string of the molecule is CCC1CCC(Cc2c(C#N)ccc3[nH]ccc23)CC1. The van der Waals surface area contributed by atoms with Crippen LogP contribution in [0.4, 0.5) is 0 Å². The number of rotatable bonds is 3. The van der Waals surface area contributed by atoms with Gasteiger partial charge in [-0.2, -0.15) is 5.26 Å². The largest absolute Gasteiger partial charge is 0.361 e. The Morgan fingerprint density at radius 2 is 1.90 bits per heavy atom. The fourth-order valence-corrected chi connectivity index (χ4v) is 3.65. The molecule has 0 spiro atoms. The van der Waals surface area contributed by atoms with Crippen molar-refractivity contribution in [2.45, 2.75) is 45.4 Å². The molecule has 0 amide bonds. The van der Waals surface area contributed by atoms with Crippen LogP contribution in [0.2, 0.25) is 0 Å². The summed E-state index contributed by atoms with van der Waals surface area (Å²) in [4.78, 5) is 3.26. The molecule has 1 N–H and O–H groups in total. The maximum Gasteiger partial charge on any atom is 0.0994 e. The second-order valence-electron chi connectivity index (χ2n) is 6.14. The summed E-state index contributed by atoms with van der Waals surface area (Å²) in [5.74, 6) is 1.69. The number of H-pyrrole nitrogens is 1. The van der Waals surface area contributed by atoms with Crippen molar-refractivity contribution in [2.75, 3.05) is 0 Å². The molecule has 1 heterocycles. The number of nitriles is 1.